The number of anilines is 2. The van der Waals surface area contributed by atoms with Gasteiger partial charge in [0.05, 0.1) is 30.0 Å². The van der Waals surface area contributed by atoms with Crippen LogP contribution in [0.2, 0.25) is 0 Å². The van der Waals surface area contributed by atoms with Crippen molar-refractivity contribution in [1.82, 2.24) is 9.78 Å². The fourth-order valence-electron chi connectivity index (χ4n) is 3.48. The molecule has 30 heavy (non-hydrogen) atoms. The van der Waals surface area contributed by atoms with Crippen molar-refractivity contribution in [2.75, 3.05) is 17.2 Å². The first-order valence-electron chi connectivity index (χ1n) is 9.91. The Morgan fingerprint density at radius 3 is 2.70 bits per heavy atom. The molecule has 1 aromatic carbocycles. The normalized spacial score (nSPS) is 18.5. The molecule has 156 valence electrons. The zero-order valence-corrected chi connectivity index (χ0v) is 16.9. The number of benzene rings is 1. The van der Waals surface area contributed by atoms with E-state index in [0.717, 1.165) is 5.56 Å². The SMILES string of the molecule is CC(C)n1cc([C@@H]2OCC[C@H]2C(=O)Nc2cccc(NC(=O)c3ccoc3)c2)cn1. The minimum absolute atomic E-state index is 0.117. The summed E-state index contributed by atoms with van der Waals surface area (Å²) in [4.78, 5) is 25.1. The first kappa shape index (κ1) is 19.9. The molecule has 0 spiro atoms. The molecule has 1 saturated heterocycles. The van der Waals surface area contributed by atoms with E-state index in [4.69, 9.17) is 9.15 Å². The maximum absolute atomic E-state index is 12.9. The van der Waals surface area contributed by atoms with Crippen LogP contribution in [-0.2, 0) is 9.53 Å². The van der Waals surface area contributed by atoms with Gasteiger partial charge >= 0.3 is 0 Å². The highest BCUT2D eigenvalue weighted by Crippen LogP contribution is 2.35. The third-order valence-corrected chi connectivity index (χ3v) is 5.08. The summed E-state index contributed by atoms with van der Waals surface area (Å²) < 4.78 is 12.6. The summed E-state index contributed by atoms with van der Waals surface area (Å²) >= 11 is 0. The second-order valence-corrected chi connectivity index (χ2v) is 7.57. The van der Waals surface area contributed by atoms with Crippen molar-refractivity contribution in [2.24, 2.45) is 5.92 Å². The van der Waals surface area contributed by atoms with Gasteiger partial charge in [-0.15, -0.1) is 0 Å². The molecule has 3 aromatic rings. The van der Waals surface area contributed by atoms with Gasteiger partial charge < -0.3 is 19.8 Å². The molecule has 3 heterocycles. The van der Waals surface area contributed by atoms with Gasteiger partial charge in [-0.1, -0.05) is 6.07 Å². The lowest BCUT2D eigenvalue weighted by Crippen LogP contribution is -2.25. The molecule has 2 atom stereocenters. The van der Waals surface area contributed by atoms with E-state index in [1.807, 2.05) is 10.9 Å². The molecule has 8 heteroatoms. The highest BCUT2D eigenvalue weighted by Gasteiger charge is 2.36. The van der Waals surface area contributed by atoms with E-state index in [-0.39, 0.29) is 29.9 Å². The van der Waals surface area contributed by atoms with E-state index in [1.165, 1.54) is 12.5 Å². The summed E-state index contributed by atoms with van der Waals surface area (Å²) in [6.45, 7) is 4.63. The summed E-state index contributed by atoms with van der Waals surface area (Å²) in [5, 5.41) is 10.1. The Balaban J connectivity index is 1.43. The number of hydrogen-bond acceptors (Lipinski definition) is 5. The van der Waals surface area contributed by atoms with Crippen molar-refractivity contribution in [1.29, 1.82) is 0 Å². The lowest BCUT2D eigenvalue weighted by atomic mass is 9.96. The highest BCUT2D eigenvalue weighted by molar-refractivity contribution is 6.04. The number of nitrogens with one attached hydrogen (secondary N) is 2. The van der Waals surface area contributed by atoms with Gasteiger partial charge in [-0.3, -0.25) is 14.3 Å². The number of aromatic nitrogens is 2. The molecule has 8 nitrogen and oxygen atoms in total. The molecule has 1 fully saturated rings. The van der Waals surface area contributed by atoms with Gasteiger partial charge in [0.25, 0.3) is 5.91 Å². The molecule has 1 aliphatic rings. The first-order valence-corrected chi connectivity index (χ1v) is 9.91. The van der Waals surface area contributed by atoms with Crippen LogP contribution in [0.1, 0.15) is 48.3 Å². The topological polar surface area (TPSA) is 98.4 Å². The molecule has 2 N–H and O–H groups in total. The molecule has 0 bridgehead atoms. The minimum atomic E-state index is -0.318. The summed E-state index contributed by atoms with van der Waals surface area (Å²) in [6.07, 6.45) is 6.84. The largest absolute Gasteiger partial charge is 0.472 e. The van der Waals surface area contributed by atoms with E-state index in [9.17, 15) is 9.59 Å². The standard InChI is InChI=1S/C22H24N4O4/c1-14(2)26-12-16(11-23-26)20-19(7-9-30-20)22(28)25-18-5-3-4-17(10-18)24-21(27)15-6-8-29-13-15/h3-6,8,10-14,19-20H,7,9H2,1-2H3,(H,24,27)(H,25,28)/t19-,20+/m1/s1. The van der Waals surface area contributed by atoms with Gasteiger partial charge in [0, 0.05) is 35.8 Å². The Morgan fingerprint density at radius 2 is 2.00 bits per heavy atom. The molecule has 2 amide bonds. The molecule has 2 aromatic heterocycles. The van der Waals surface area contributed by atoms with Crippen molar-refractivity contribution in [3.63, 3.8) is 0 Å². The Hall–Kier alpha value is -3.39. The highest BCUT2D eigenvalue weighted by atomic mass is 16.5. The predicted octanol–water partition coefficient (Wildman–Crippen LogP) is 4.03. The Kier molecular flexibility index (Phi) is 5.67. The predicted molar refractivity (Wildman–Crippen MR) is 111 cm³/mol. The van der Waals surface area contributed by atoms with Crippen LogP contribution in [0.25, 0.3) is 0 Å². The van der Waals surface area contributed by atoms with Crippen molar-refractivity contribution in [2.45, 2.75) is 32.4 Å². The van der Waals surface area contributed by atoms with E-state index < -0.39 is 0 Å². The maximum atomic E-state index is 12.9. The Bertz CT molecular complexity index is 1030. The van der Waals surface area contributed by atoms with E-state index in [1.54, 1.807) is 36.5 Å². The molecule has 0 unspecified atom stereocenters. The van der Waals surface area contributed by atoms with Crippen LogP contribution in [0.15, 0.2) is 59.7 Å². The van der Waals surface area contributed by atoms with Gasteiger partial charge in [-0.05, 0) is 44.5 Å². The van der Waals surface area contributed by atoms with Crippen LogP contribution in [0.5, 0.6) is 0 Å². The van der Waals surface area contributed by atoms with Gasteiger partial charge in [0.2, 0.25) is 5.91 Å². The third kappa shape index (κ3) is 4.28. The Labute approximate surface area is 174 Å². The lowest BCUT2D eigenvalue weighted by molar-refractivity contribution is -0.121. The summed E-state index contributed by atoms with van der Waals surface area (Å²) in [5.74, 6) is -0.703. The number of hydrogen-bond donors (Lipinski definition) is 2. The molecule has 1 aliphatic heterocycles. The number of amides is 2. The van der Waals surface area contributed by atoms with Crippen LogP contribution >= 0.6 is 0 Å². The zero-order valence-electron chi connectivity index (χ0n) is 16.9. The summed E-state index contributed by atoms with van der Waals surface area (Å²) in [7, 11) is 0. The zero-order chi connectivity index (χ0) is 21.1. The molecule has 0 aliphatic carbocycles. The molecule has 0 saturated carbocycles. The van der Waals surface area contributed by atoms with Crippen molar-refractivity contribution < 1.29 is 18.7 Å². The molecular formula is C22H24N4O4. The van der Waals surface area contributed by atoms with E-state index in [0.29, 0.717) is 30.0 Å². The van der Waals surface area contributed by atoms with Crippen LogP contribution < -0.4 is 10.6 Å². The third-order valence-electron chi connectivity index (χ3n) is 5.08. The Morgan fingerprint density at radius 1 is 1.20 bits per heavy atom. The van der Waals surface area contributed by atoms with Crippen molar-refractivity contribution >= 4 is 23.2 Å². The second kappa shape index (κ2) is 8.54. The van der Waals surface area contributed by atoms with Crippen molar-refractivity contribution in [3.05, 3.63) is 66.4 Å². The average molecular weight is 408 g/mol. The average Bonchev–Trinajstić information content (AvgIpc) is 3.49. The number of rotatable bonds is 6. The van der Waals surface area contributed by atoms with Gasteiger partial charge in [0.1, 0.15) is 6.26 Å². The number of carbonyl (C=O) groups excluding carboxylic acids is 2. The summed E-state index contributed by atoms with van der Waals surface area (Å²) in [5.41, 5.74) is 2.52. The lowest BCUT2D eigenvalue weighted by Gasteiger charge is -2.17. The number of ether oxygens (including phenoxy) is 1. The van der Waals surface area contributed by atoms with Gasteiger partial charge in [-0.2, -0.15) is 5.10 Å². The monoisotopic (exact) mass is 408 g/mol. The molecular weight excluding hydrogens is 384 g/mol. The maximum Gasteiger partial charge on any atom is 0.258 e. The van der Waals surface area contributed by atoms with Gasteiger partial charge in [-0.25, -0.2) is 0 Å². The minimum Gasteiger partial charge on any atom is -0.472 e. The number of furan rings is 1. The summed E-state index contributed by atoms with van der Waals surface area (Å²) in [6, 6.07) is 8.87. The van der Waals surface area contributed by atoms with Gasteiger partial charge in [0.15, 0.2) is 0 Å². The molecule has 0 radical (unpaired) electrons. The smallest absolute Gasteiger partial charge is 0.258 e. The van der Waals surface area contributed by atoms with Crippen LogP contribution in [0.4, 0.5) is 11.4 Å². The molecule has 4 rings (SSSR count). The van der Waals surface area contributed by atoms with E-state index >= 15 is 0 Å². The first-order chi connectivity index (χ1) is 14.5. The number of nitrogens with zero attached hydrogens (tertiary/aromatic N) is 2. The van der Waals surface area contributed by atoms with Crippen LogP contribution in [-0.4, -0.2) is 28.2 Å². The number of carbonyl (C=O) groups is 2. The van der Waals surface area contributed by atoms with Crippen LogP contribution in [0, 0.1) is 5.92 Å². The quantitative estimate of drug-likeness (QED) is 0.642. The second-order valence-electron chi connectivity index (χ2n) is 7.57. The fraction of sp³-hybridized carbons (Fsp3) is 0.318. The fourth-order valence-corrected chi connectivity index (χ4v) is 3.48. The van der Waals surface area contributed by atoms with Crippen molar-refractivity contribution in [3.8, 4) is 0 Å². The van der Waals surface area contributed by atoms with Crippen LogP contribution in [0.3, 0.4) is 0 Å². The van der Waals surface area contributed by atoms with E-state index in [2.05, 4.69) is 29.6 Å².